The number of benzene rings is 1. The van der Waals surface area contributed by atoms with Crippen molar-refractivity contribution in [2.24, 2.45) is 5.92 Å². The second-order valence-corrected chi connectivity index (χ2v) is 5.23. The topological polar surface area (TPSA) is 20.2 Å². The van der Waals surface area contributed by atoms with Crippen molar-refractivity contribution in [1.82, 2.24) is 0 Å². The average Bonchev–Trinajstić information content (AvgIpc) is 2.29. The Balaban J connectivity index is 2.41. The fraction of sp³-hybridized carbons (Fsp3) is 0.600. The van der Waals surface area contributed by atoms with E-state index in [1.54, 1.807) is 6.07 Å². The fourth-order valence-corrected chi connectivity index (χ4v) is 3.24. The maximum absolute atomic E-state index is 13.1. The van der Waals surface area contributed by atoms with Gasteiger partial charge in [0, 0.05) is 0 Å². The molecule has 1 saturated carbocycles. The molecule has 0 aromatic heterocycles. The van der Waals surface area contributed by atoms with Crippen molar-refractivity contribution in [3.63, 3.8) is 0 Å². The van der Waals surface area contributed by atoms with Crippen LogP contribution in [0.4, 0.5) is 4.39 Å². The molecule has 1 fully saturated rings. The highest BCUT2D eigenvalue weighted by atomic mass is 19.1. The first-order chi connectivity index (χ1) is 8.08. The highest BCUT2D eigenvalue weighted by Crippen LogP contribution is 2.44. The summed E-state index contributed by atoms with van der Waals surface area (Å²) in [6.07, 6.45) is 5.11. The van der Waals surface area contributed by atoms with Gasteiger partial charge in [0.2, 0.25) is 0 Å². The largest absolute Gasteiger partial charge is 0.385 e. The summed E-state index contributed by atoms with van der Waals surface area (Å²) in [5, 5.41) is 11.0. The Labute approximate surface area is 103 Å². The summed E-state index contributed by atoms with van der Waals surface area (Å²) in [5.74, 6) is 0.0825. The Morgan fingerprint density at radius 1 is 1.41 bits per heavy atom. The first kappa shape index (κ1) is 12.6. The summed E-state index contributed by atoms with van der Waals surface area (Å²) in [6.45, 7) is 4.01. The number of hydrogen-bond acceptors (Lipinski definition) is 1. The number of hydrogen-bond donors (Lipinski definition) is 1. The summed E-state index contributed by atoms with van der Waals surface area (Å²) < 4.78 is 13.1. The Kier molecular flexibility index (Phi) is 3.53. The molecule has 1 aromatic rings. The van der Waals surface area contributed by atoms with E-state index in [2.05, 4.69) is 6.92 Å². The molecule has 1 N–H and O–H groups in total. The van der Waals surface area contributed by atoms with Crippen molar-refractivity contribution < 1.29 is 9.50 Å². The second kappa shape index (κ2) is 4.77. The standard InChI is InChI=1S/C15H21FO/c1-3-12-6-4-5-9-15(12,17)14-8-7-13(16)10-11(14)2/h7-8,10,12,17H,3-6,9H2,1-2H3. The molecule has 0 aliphatic heterocycles. The van der Waals surface area contributed by atoms with Crippen molar-refractivity contribution in [1.29, 1.82) is 0 Å². The van der Waals surface area contributed by atoms with Crippen molar-refractivity contribution in [3.05, 3.63) is 35.1 Å². The van der Waals surface area contributed by atoms with Gasteiger partial charge in [0.25, 0.3) is 0 Å². The van der Waals surface area contributed by atoms with Crippen LogP contribution in [-0.4, -0.2) is 5.11 Å². The zero-order valence-electron chi connectivity index (χ0n) is 10.7. The molecule has 1 nitrogen and oxygen atoms in total. The summed E-state index contributed by atoms with van der Waals surface area (Å²) in [6, 6.07) is 4.74. The lowest BCUT2D eigenvalue weighted by Gasteiger charge is -2.41. The van der Waals surface area contributed by atoms with Gasteiger partial charge in [0.15, 0.2) is 0 Å². The van der Waals surface area contributed by atoms with Gasteiger partial charge in [-0.3, -0.25) is 0 Å². The van der Waals surface area contributed by atoms with Crippen LogP contribution in [0.1, 0.15) is 50.2 Å². The Hall–Kier alpha value is -0.890. The monoisotopic (exact) mass is 236 g/mol. The molecule has 2 unspecified atom stereocenters. The predicted molar refractivity (Wildman–Crippen MR) is 67.3 cm³/mol. The van der Waals surface area contributed by atoms with Gasteiger partial charge in [-0.15, -0.1) is 0 Å². The van der Waals surface area contributed by atoms with Gasteiger partial charge >= 0.3 is 0 Å². The quantitative estimate of drug-likeness (QED) is 0.825. The number of halogens is 1. The second-order valence-electron chi connectivity index (χ2n) is 5.23. The molecule has 1 aromatic carbocycles. The van der Waals surface area contributed by atoms with Gasteiger partial charge in [-0.2, -0.15) is 0 Å². The Morgan fingerprint density at radius 2 is 2.18 bits per heavy atom. The molecular weight excluding hydrogens is 215 g/mol. The van der Waals surface area contributed by atoms with Crippen LogP contribution >= 0.6 is 0 Å². The molecule has 0 amide bonds. The van der Waals surface area contributed by atoms with E-state index >= 15 is 0 Å². The van der Waals surface area contributed by atoms with Gasteiger partial charge in [-0.25, -0.2) is 4.39 Å². The highest BCUT2D eigenvalue weighted by Gasteiger charge is 2.40. The maximum atomic E-state index is 13.1. The molecular formula is C15H21FO. The van der Waals surface area contributed by atoms with Crippen LogP contribution in [0.3, 0.4) is 0 Å². The summed E-state index contributed by atoms with van der Waals surface area (Å²) in [7, 11) is 0. The first-order valence-corrected chi connectivity index (χ1v) is 6.57. The van der Waals surface area contributed by atoms with Crippen molar-refractivity contribution in [2.45, 2.75) is 51.6 Å². The summed E-state index contributed by atoms with van der Waals surface area (Å²) in [4.78, 5) is 0. The van der Waals surface area contributed by atoms with Crippen LogP contribution in [0.2, 0.25) is 0 Å². The van der Waals surface area contributed by atoms with Crippen LogP contribution in [0.15, 0.2) is 18.2 Å². The normalized spacial score (nSPS) is 29.3. The zero-order chi connectivity index (χ0) is 12.5. The lowest BCUT2D eigenvalue weighted by Crippen LogP contribution is -2.38. The maximum Gasteiger partial charge on any atom is 0.123 e. The van der Waals surface area contributed by atoms with Crippen LogP contribution in [0.5, 0.6) is 0 Å². The number of rotatable bonds is 2. The third-order valence-electron chi connectivity index (χ3n) is 4.18. The summed E-state index contributed by atoms with van der Waals surface area (Å²) in [5.41, 5.74) is 1.04. The van der Waals surface area contributed by atoms with Crippen LogP contribution in [0.25, 0.3) is 0 Å². The number of aliphatic hydroxyl groups is 1. The van der Waals surface area contributed by atoms with Crippen molar-refractivity contribution in [3.8, 4) is 0 Å². The molecule has 2 heteroatoms. The molecule has 94 valence electrons. The van der Waals surface area contributed by atoms with Crippen LogP contribution in [-0.2, 0) is 5.60 Å². The fourth-order valence-electron chi connectivity index (χ4n) is 3.24. The Bertz CT molecular complexity index is 402. The SMILES string of the molecule is CCC1CCCCC1(O)c1ccc(F)cc1C. The molecule has 0 bridgehead atoms. The predicted octanol–water partition coefficient (Wildman–Crippen LogP) is 3.92. The summed E-state index contributed by atoms with van der Waals surface area (Å²) >= 11 is 0. The molecule has 0 saturated heterocycles. The third-order valence-corrected chi connectivity index (χ3v) is 4.18. The molecule has 2 rings (SSSR count). The molecule has 1 aliphatic rings. The van der Waals surface area contributed by atoms with E-state index in [9.17, 15) is 9.50 Å². The van der Waals surface area contributed by atoms with E-state index in [0.717, 1.165) is 36.8 Å². The molecule has 1 aliphatic carbocycles. The molecule has 0 spiro atoms. The van der Waals surface area contributed by atoms with Crippen molar-refractivity contribution in [2.75, 3.05) is 0 Å². The zero-order valence-corrected chi connectivity index (χ0v) is 10.7. The minimum Gasteiger partial charge on any atom is -0.385 e. The van der Waals surface area contributed by atoms with Gasteiger partial charge in [-0.1, -0.05) is 32.3 Å². The van der Waals surface area contributed by atoms with E-state index in [1.807, 2.05) is 6.92 Å². The van der Waals surface area contributed by atoms with E-state index in [-0.39, 0.29) is 5.82 Å². The van der Waals surface area contributed by atoms with Gasteiger partial charge in [0.05, 0.1) is 5.60 Å². The molecule has 0 radical (unpaired) electrons. The average molecular weight is 236 g/mol. The lowest BCUT2D eigenvalue weighted by molar-refractivity contribution is -0.0562. The first-order valence-electron chi connectivity index (χ1n) is 6.57. The smallest absolute Gasteiger partial charge is 0.123 e. The van der Waals surface area contributed by atoms with Crippen LogP contribution < -0.4 is 0 Å². The minimum atomic E-state index is -0.745. The van der Waals surface area contributed by atoms with E-state index < -0.39 is 5.60 Å². The van der Waals surface area contributed by atoms with E-state index in [0.29, 0.717) is 5.92 Å². The van der Waals surface area contributed by atoms with Crippen molar-refractivity contribution >= 4 is 0 Å². The molecule has 0 heterocycles. The number of aryl methyl sites for hydroxylation is 1. The van der Waals surface area contributed by atoms with Gasteiger partial charge < -0.3 is 5.11 Å². The molecule has 2 atom stereocenters. The van der Waals surface area contributed by atoms with Gasteiger partial charge in [0.1, 0.15) is 5.82 Å². The van der Waals surface area contributed by atoms with E-state index in [4.69, 9.17) is 0 Å². The van der Waals surface area contributed by atoms with Crippen LogP contribution in [0, 0.1) is 18.7 Å². The minimum absolute atomic E-state index is 0.223. The molecule has 17 heavy (non-hydrogen) atoms. The van der Waals surface area contributed by atoms with Gasteiger partial charge in [-0.05, 0) is 48.9 Å². The lowest BCUT2D eigenvalue weighted by atomic mass is 9.69. The van der Waals surface area contributed by atoms with E-state index in [1.165, 1.54) is 18.6 Å². The Morgan fingerprint density at radius 3 is 2.82 bits per heavy atom. The highest BCUT2D eigenvalue weighted by molar-refractivity contribution is 5.33. The third kappa shape index (κ3) is 2.23.